The van der Waals surface area contributed by atoms with Crippen LogP contribution in [0.2, 0.25) is 0 Å². The molecule has 1 N–H and O–H groups in total. The molecule has 19 heavy (non-hydrogen) atoms. The average Bonchev–Trinajstić information content (AvgIpc) is 2.88. The Kier molecular flexibility index (Phi) is 5.11. The molecule has 0 radical (unpaired) electrons. The van der Waals surface area contributed by atoms with Gasteiger partial charge in [-0.05, 0) is 19.1 Å². The Morgan fingerprint density at radius 2 is 2.00 bits per heavy atom. The molecule has 7 nitrogen and oxygen atoms in total. The van der Waals surface area contributed by atoms with E-state index in [2.05, 4.69) is 0 Å². The third-order valence-corrected chi connectivity index (χ3v) is 2.51. The first-order valence-corrected chi connectivity index (χ1v) is 5.74. The second kappa shape index (κ2) is 6.58. The van der Waals surface area contributed by atoms with E-state index in [1.54, 1.807) is 13.0 Å². The van der Waals surface area contributed by atoms with E-state index in [4.69, 9.17) is 9.52 Å². The van der Waals surface area contributed by atoms with Crippen molar-refractivity contribution < 1.29 is 23.9 Å². The number of hydrogen-bond donors (Lipinski definition) is 1. The SMILES string of the molecule is CCN(CC(=O)O)C(=O)CN(C)C(=O)c1ccco1. The minimum absolute atomic E-state index is 0.136. The monoisotopic (exact) mass is 268 g/mol. The molecule has 0 aliphatic heterocycles. The highest BCUT2D eigenvalue weighted by molar-refractivity contribution is 5.94. The topological polar surface area (TPSA) is 91.1 Å². The van der Waals surface area contributed by atoms with Crippen molar-refractivity contribution in [2.24, 2.45) is 0 Å². The molecule has 0 saturated heterocycles. The molecule has 1 heterocycles. The van der Waals surface area contributed by atoms with Crippen LogP contribution in [0, 0.1) is 0 Å². The zero-order chi connectivity index (χ0) is 14.4. The van der Waals surface area contributed by atoms with Crippen LogP contribution in [0.15, 0.2) is 22.8 Å². The van der Waals surface area contributed by atoms with Gasteiger partial charge in [-0.1, -0.05) is 0 Å². The summed E-state index contributed by atoms with van der Waals surface area (Å²) in [5.41, 5.74) is 0. The van der Waals surface area contributed by atoms with E-state index in [0.717, 1.165) is 4.90 Å². The number of likely N-dealkylation sites (N-methyl/N-ethyl adjacent to an activating group) is 2. The fraction of sp³-hybridized carbons (Fsp3) is 0.417. The van der Waals surface area contributed by atoms with Crippen molar-refractivity contribution in [2.75, 3.05) is 26.7 Å². The van der Waals surface area contributed by atoms with E-state index in [9.17, 15) is 14.4 Å². The Morgan fingerprint density at radius 3 is 2.47 bits per heavy atom. The zero-order valence-corrected chi connectivity index (χ0v) is 10.8. The number of carboxylic acid groups (broad SMARTS) is 1. The Hall–Kier alpha value is -2.31. The van der Waals surface area contributed by atoms with Crippen molar-refractivity contribution in [3.63, 3.8) is 0 Å². The third kappa shape index (κ3) is 4.13. The van der Waals surface area contributed by atoms with Crippen molar-refractivity contribution in [1.82, 2.24) is 9.80 Å². The number of amides is 2. The molecule has 0 saturated carbocycles. The lowest BCUT2D eigenvalue weighted by Crippen LogP contribution is -2.43. The predicted octanol–water partition coefficient (Wildman–Crippen LogP) is 0.285. The number of hydrogen-bond acceptors (Lipinski definition) is 4. The fourth-order valence-corrected chi connectivity index (χ4v) is 1.50. The highest BCUT2D eigenvalue weighted by Gasteiger charge is 2.21. The van der Waals surface area contributed by atoms with Gasteiger partial charge < -0.3 is 19.3 Å². The number of carbonyl (C=O) groups is 3. The van der Waals surface area contributed by atoms with Gasteiger partial charge in [0.1, 0.15) is 6.54 Å². The minimum Gasteiger partial charge on any atom is -0.480 e. The maximum atomic E-state index is 11.8. The summed E-state index contributed by atoms with van der Waals surface area (Å²) >= 11 is 0. The van der Waals surface area contributed by atoms with Gasteiger partial charge in [-0.2, -0.15) is 0 Å². The van der Waals surface area contributed by atoms with Crippen molar-refractivity contribution >= 4 is 17.8 Å². The summed E-state index contributed by atoms with van der Waals surface area (Å²) in [5, 5.41) is 8.67. The summed E-state index contributed by atoms with van der Waals surface area (Å²) in [7, 11) is 1.46. The van der Waals surface area contributed by atoms with Crippen molar-refractivity contribution in [2.45, 2.75) is 6.92 Å². The van der Waals surface area contributed by atoms with E-state index in [0.29, 0.717) is 0 Å². The Balaban J connectivity index is 2.60. The first-order chi connectivity index (χ1) is 8.95. The number of aliphatic carboxylic acids is 1. The van der Waals surface area contributed by atoms with Crippen molar-refractivity contribution in [1.29, 1.82) is 0 Å². The Morgan fingerprint density at radius 1 is 1.32 bits per heavy atom. The van der Waals surface area contributed by atoms with Gasteiger partial charge in [0.25, 0.3) is 5.91 Å². The first-order valence-electron chi connectivity index (χ1n) is 5.74. The van der Waals surface area contributed by atoms with E-state index in [1.165, 1.54) is 24.3 Å². The van der Waals surface area contributed by atoms with Crippen LogP contribution < -0.4 is 0 Å². The second-order valence-electron chi connectivity index (χ2n) is 3.94. The van der Waals surface area contributed by atoms with Crippen LogP contribution in [-0.4, -0.2) is 59.4 Å². The van der Waals surface area contributed by atoms with E-state index >= 15 is 0 Å². The molecular weight excluding hydrogens is 252 g/mol. The summed E-state index contributed by atoms with van der Waals surface area (Å²) < 4.78 is 4.94. The summed E-state index contributed by atoms with van der Waals surface area (Å²) in [4.78, 5) is 36.6. The van der Waals surface area contributed by atoms with Crippen LogP contribution in [-0.2, 0) is 9.59 Å². The highest BCUT2D eigenvalue weighted by atomic mass is 16.4. The van der Waals surface area contributed by atoms with Crippen LogP contribution in [0.25, 0.3) is 0 Å². The van der Waals surface area contributed by atoms with Gasteiger partial charge in [-0.3, -0.25) is 14.4 Å². The molecule has 0 atom stereocenters. The van der Waals surface area contributed by atoms with E-state index in [1.807, 2.05) is 0 Å². The quantitative estimate of drug-likeness (QED) is 0.800. The van der Waals surface area contributed by atoms with Gasteiger partial charge >= 0.3 is 5.97 Å². The largest absolute Gasteiger partial charge is 0.480 e. The smallest absolute Gasteiger partial charge is 0.323 e. The molecule has 1 rings (SSSR count). The Bertz CT molecular complexity index is 455. The predicted molar refractivity (Wildman–Crippen MR) is 65.6 cm³/mol. The minimum atomic E-state index is -1.09. The van der Waals surface area contributed by atoms with Crippen LogP contribution in [0.5, 0.6) is 0 Å². The number of carbonyl (C=O) groups excluding carboxylic acids is 2. The maximum Gasteiger partial charge on any atom is 0.323 e. The van der Waals surface area contributed by atoms with E-state index in [-0.39, 0.29) is 25.4 Å². The third-order valence-electron chi connectivity index (χ3n) is 2.51. The maximum absolute atomic E-state index is 11.8. The highest BCUT2D eigenvalue weighted by Crippen LogP contribution is 2.04. The number of nitrogens with zero attached hydrogens (tertiary/aromatic N) is 2. The van der Waals surface area contributed by atoms with Gasteiger partial charge in [-0.15, -0.1) is 0 Å². The lowest BCUT2D eigenvalue weighted by molar-refractivity contribution is -0.144. The van der Waals surface area contributed by atoms with Gasteiger partial charge in [0.2, 0.25) is 5.91 Å². The zero-order valence-electron chi connectivity index (χ0n) is 10.8. The molecule has 0 aliphatic carbocycles. The lowest BCUT2D eigenvalue weighted by atomic mass is 10.3. The molecule has 104 valence electrons. The van der Waals surface area contributed by atoms with Crippen LogP contribution >= 0.6 is 0 Å². The second-order valence-corrected chi connectivity index (χ2v) is 3.94. The van der Waals surface area contributed by atoms with Crippen LogP contribution in [0.1, 0.15) is 17.5 Å². The molecule has 1 aromatic heterocycles. The molecule has 0 aliphatic rings. The van der Waals surface area contributed by atoms with Gasteiger partial charge in [0.15, 0.2) is 5.76 Å². The van der Waals surface area contributed by atoms with Gasteiger partial charge in [0.05, 0.1) is 12.8 Å². The molecule has 0 spiro atoms. The number of rotatable bonds is 6. The lowest BCUT2D eigenvalue weighted by Gasteiger charge is -2.22. The van der Waals surface area contributed by atoms with E-state index < -0.39 is 17.8 Å². The summed E-state index contributed by atoms with van der Waals surface area (Å²) in [5.74, 6) is -1.80. The van der Waals surface area contributed by atoms with Crippen molar-refractivity contribution in [3.05, 3.63) is 24.2 Å². The molecule has 2 amide bonds. The van der Waals surface area contributed by atoms with Gasteiger partial charge in [-0.25, -0.2) is 0 Å². The number of furan rings is 1. The molecule has 1 aromatic rings. The fourth-order valence-electron chi connectivity index (χ4n) is 1.50. The molecular formula is C12H16N2O5. The normalized spacial score (nSPS) is 10.0. The molecule has 0 fully saturated rings. The first kappa shape index (κ1) is 14.7. The van der Waals surface area contributed by atoms with Gasteiger partial charge in [0, 0.05) is 13.6 Å². The van der Waals surface area contributed by atoms with Crippen LogP contribution in [0.4, 0.5) is 0 Å². The molecule has 0 aromatic carbocycles. The Labute approximate surface area is 110 Å². The number of carboxylic acids is 1. The summed E-state index contributed by atoms with van der Waals surface area (Å²) in [6.07, 6.45) is 1.37. The van der Waals surface area contributed by atoms with Crippen molar-refractivity contribution in [3.8, 4) is 0 Å². The molecule has 0 bridgehead atoms. The van der Waals surface area contributed by atoms with Crippen LogP contribution in [0.3, 0.4) is 0 Å². The molecule has 0 unspecified atom stereocenters. The summed E-state index contributed by atoms with van der Waals surface area (Å²) in [6.45, 7) is 1.38. The summed E-state index contributed by atoms with van der Waals surface area (Å²) in [6, 6.07) is 3.07. The standard InChI is InChI=1S/C12H16N2O5/c1-3-14(8-11(16)17)10(15)7-13(2)12(18)9-5-4-6-19-9/h4-6H,3,7-8H2,1-2H3,(H,16,17). The average molecular weight is 268 g/mol. The molecule has 7 heteroatoms.